The van der Waals surface area contributed by atoms with Crippen LogP contribution in [0.25, 0.3) is 0 Å². The molecule has 6 heteroatoms. The van der Waals surface area contributed by atoms with Crippen molar-refractivity contribution >= 4 is 18.2 Å². The van der Waals surface area contributed by atoms with E-state index in [1.54, 1.807) is 39.4 Å². The summed E-state index contributed by atoms with van der Waals surface area (Å²) in [6.45, 7) is 14.2. The number of hydrogen-bond donors (Lipinski definition) is 0. The van der Waals surface area contributed by atoms with Gasteiger partial charge in [-0.3, -0.25) is 0 Å². The molecule has 0 saturated carbocycles. The average molecular weight is 410 g/mol. The van der Waals surface area contributed by atoms with Gasteiger partial charge in [-0.05, 0) is 41.5 Å². The Balaban J connectivity index is 0. The maximum absolute atomic E-state index is 4.47. The van der Waals surface area contributed by atoms with Gasteiger partial charge >= 0.3 is 18.9 Å². The summed E-state index contributed by atoms with van der Waals surface area (Å²) in [5, 5.41) is 0. The Morgan fingerprint density at radius 1 is 0.533 bits per heavy atom. The topological polar surface area (TPSA) is 36.9 Å². The SMILES string of the molecule is COCOC.COCOC.Cc1cc(C)c([BH2-]c2c(C)cc(C)cc2C)c(C)c1.[Li+]. The van der Waals surface area contributed by atoms with Crippen molar-refractivity contribution in [1.82, 2.24) is 0 Å². The van der Waals surface area contributed by atoms with Crippen molar-refractivity contribution in [3.63, 3.8) is 0 Å². The van der Waals surface area contributed by atoms with E-state index in [2.05, 4.69) is 84.8 Å². The van der Waals surface area contributed by atoms with E-state index in [-0.39, 0.29) is 26.1 Å². The van der Waals surface area contributed by atoms with Gasteiger partial charge in [0.05, 0.1) is 0 Å². The first-order valence-electron chi connectivity index (χ1n) is 10.1. The van der Waals surface area contributed by atoms with Crippen molar-refractivity contribution < 1.29 is 37.8 Å². The minimum absolute atomic E-state index is 0. The Hall–Kier alpha value is -1.06. The van der Waals surface area contributed by atoms with E-state index in [1.807, 2.05) is 0 Å². The zero-order chi connectivity index (χ0) is 22.4. The molecule has 0 aliphatic carbocycles. The number of methoxy groups -OCH3 is 4. The number of rotatable bonds is 6. The molecule has 0 fully saturated rings. The van der Waals surface area contributed by atoms with Gasteiger partial charge in [-0.25, -0.2) is 10.9 Å². The number of hydrogen-bond acceptors (Lipinski definition) is 4. The van der Waals surface area contributed by atoms with Gasteiger partial charge in [-0.1, -0.05) is 57.6 Å². The first kappa shape index (κ1) is 31.1. The normalized spacial score (nSPS) is 9.67. The maximum Gasteiger partial charge on any atom is 1.00 e. The maximum atomic E-state index is 4.47. The molecule has 164 valence electrons. The average Bonchev–Trinajstić information content (AvgIpc) is 2.62. The molecule has 0 aliphatic heterocycles. The van der Waals surface area contributed by atoms with Crippen LogP contribution in [0.2, 0.25) is 0 Å². The molecular formula is C24H40BLiO4. The molecule has 0 amide bonds. The molecule has 0 bridgehead atoms. The standard InChI is InChI=1S/C18H24B.2C3H8O2.Li/c1-11-7-13(3)17(14(4)8-11)19-18-15(5)9-12(2)10-16(18)6;2*1-4-3-5-2;/h7-10H,19H2,1-6H3;2*3H2,1-2H3;/q-1;;;+1. The second-order valence-electron chi connectivity index (χ2n) is 7.69. The predicted molar refractivity (Wildman–Crippen MR) is 127 cm³/mol. The fraction of sp³-hybridized carbons (Fsp3) is 0.500. The van der Waals surface area contributed by atoms with Crippen LogP contribution in [-0.2, 0) is 18.9 Å². The van der Waals surface area contributed by atoms with Crippen LogP contribution in [0.3, 0.4) is 0 Å². The van der Waals surface area contributed by atoms with Crippen LogP contribution < -0.4 is 29.8 Å². The molecule has 2 rings (SSSR count). The van der Waals surface area contributed by atoms with Gasteiger partial charge < -0.3 is 18.9 Å². The van der Waals surface area contributed by atoms with Gasteiger partial charge in [0, 0.05) is 35.7 Å². The second kappa shape index (κ2) is 17.6. The molecule has 0 atom stereocenters. The largest absolute Gasteiger partial charge is 1.00 e. The molecule has 0 radical (unpaired) electrons. The third-order valence-corrected chi connectivity index (χ3v) is 5.11. The Morgan fingerprint density at radius 2 is 0.767 bits per heavy atom. The Morgan fingerprint density at radius 3 is 0.933 bits per heavy atom. The van der Waals surface area contributed by atoms with Crippen molar-refractivity contribution in [1.29, 1.82) is 0 Å². The fourth-order valence-corrected chi connectivity index (χ4v) is 3.78. The molecule has 2 aromatic rings. The molecule has 2 aromatic carbocycles. The molecule has 0 heterocycles. The third-order valence-electron chi connectivity index (χ3n) is 5.11. The van der Waals surface area contributed by atoms with Crippen LogP contribution in [0.5, 0.6) is 0 Å². The number of aryl methyl sites for hydroxylation is 6. The first-order chi connectivity index (χ1) is 13.7. The molecule has 0 N–H and O–H groups in total. The van der Waals surface area contributed by atoms with Crippen molar-refractivity contribution in [3.05, 3.63) is 57.6 Å². The summed E-state index contributed by atoms with van der Waals surface area (Å²) in [5.74, 6) is 0. The molecule has 0 unspecified atom stereocenters. The summed E-state index contributed by atoms with van der Waals surface area (Å²) in [6.07, 6.45) is 0. The molecule has 0 aliphatic rings. The second-order valence-corrected chi connectivity index (χ2v) is 7.69. The molecule has 0 aromatic heterocycles. The van der Waals surface area contributed by atoms with Crippen LogP contribution >= 0.6 is 0 Å². The fourth-order valence-electron chi connectivity index (χ4n) is 3.78. The third kappa shape index (κ3) is 12.0. The minimum atomic E-state index is -0.239. The van der Waals surface area contributed by atoms with Crippen LogP contribution in [-0.4, -0.2) is 49.3 Å². The summed E-state index contributed by atoms with van der Waals surface area (Å²) in [5.41, 5.74) is 11.9. The van der Waals surface area contributed by atoms with E-state index in [1.165, 1.54) is 33.4 Å². The van der Waals surface area contributed by atoms with Crippen LogP contribution in [0.4, 0.5) is 0 Å². The Bertz CT molecular complexity index is 624. The summed E-state index contributed by atoms with van der Waals surface area (Å²) in [6, 6.07) is 9.30. The van der Waals surface area contributed by atoms with Crippen molar-refractivity contribution in [2.75, 3.05) is 42.0 Å². The monoisotopic (exact) mass is 410 g/mol. The number of benzene rings is 2. The van der Waals surface area contributed by atoms with E-state index in [0.29, 0.717) is 13.6 Å². The van der Waals surface area contributed by atoms with Crippen molar-refractivity contribution in [2.45, 2.75) is 41.5 Å². The van der Waals surface area contributed by atoms with Crippen molar-refractivity contribution in [2.24, 2.45) is 0 Å². The Labute approximate surface area is 197 Å². The summed E-state index contributed by atoms with van der Waals surface area (Å²) in [4.78, 5) is 0. The van der Waals surface area contributed by atoms with Crippen LogP contribution in [0.1, 0.15) is 33.4 Å². The molecular weight excluding hydrogens is 370 g/mol. The molecule has 30 heavy (non-hydrogen) atoms. The van der Waals surface area contributed by atoms with Gasteiger partial charge in [-0.15, -0.1) is 0 Å². The van der Waals surface area contributed by atoms with E-state index in [4.69, 9.17) is 0 Å². The molecule has 0 spiro atoms. The number of ether oxygens (including phenoxy) is 4. The predicted octanol–water partition coefficient (Wildman–Crippen LogP) is 0.134. The van der Waals surface area contributed by atoms with Crippen LogP contribution in [0, 0.1) is 41.5 Å². The van der Waals surface area contributed by atoms with Gasteiger partial charge in [0.1, 0.15) is 13.6 Å². The first-order valence-corrected chi connectivity index (χ1v) is 10.1. The van der Waals surface area contributed by atoms with E-state index in [9.17, 15) is 0 Å². The van der Waals surface area contributed by atoms with Gasteiger partial charge in [-0.2, -0.15) is 0 Å². The molecule has 4 nitrogen and oxygen atoms in total. The summed E-state index contributed by atoms with van der Waals surface area (Å²) in [7, 11) is 6.11. The molecule has 0 saturated heterocycles. The van der Waals surface area contributed by atoms with Gasteiger partial charge in [0.25, 0.3) is 0 Å². The van der Waals surface area contributed by atoms with E-state index >= 15 is 0 Å². The van der Waals surface area contributed by atoms with Crippen LogP contribution in [0.15, 0.2) is 24.3 Å². The Kier molecular flexibility index (Phi) is 18.3. The van der Waals surface area contributed by atoms with Gasteiger partial charge in [0.2, 0.25) is 0 Å². The zero-order valence-electron chi connectivity index (χ0n) is 21.4. The van der Waals surface area contributed by atoms with E-state index in [0.717, 1.165) is 0 Å². The van der Waals surface area contributed by atoms with E-state index < -0.39 is 0 Å². The summed E-state index contributed by atoms with van der Waals surface area (Å²) < 4.78 is 17.9. The smallest absolute Gasteiger partial charge is 0.359 e. The van der Waals surface area contributed by atoms with Gasteiger partial charge in [0.15, 0.2) is 0 Å². The quantitative estimate of drug-likeness (QED) is 0.502. The summed E-state index contributed by atoms with van der Waals surface area (Å²) >= 11 is 0. The van der Waals surface area contributed by atoms with Crippen molar-refractivity contribution in [3.8, 4) is 0 Å². The zero-order valence-corrected chi connectivity index (χ0v) is 21.4. The minimum Gasteiger partial charge on any atom is -0.359 e.